The zero-order valence-electron chi connectivity index (χ0n) is 17.7. The highest BCUT2D eigenvalue weighted by molar-refractivity contribution is 5.45. The van der Waals surface area contributed by atoms with Gasteiger partial charge in [0.05, 0.1) is 26.8 Å². The second-order valence-electron chi connectivity index (χ2n) is 7.54. The highest BCUT2D eigenvalue weighted by Gasteiger charge is 2.30. The predicted octanol–water partition coefficient (Wildman–Crippen LogP) is 2.08. The monoisotopic (exact) mass is 408 g/mol. The van der Waals surface area contributed by atoms with Gasteiger partial charge < -0.3 is 14.4 Å². The van der Waals surface area contributed by atoms with Gasteiger partial charge in [-0.1, -0.05) is 36.4 Å². The molecule has 1 fully saturated rings. The normalized spacial score (nSPS) is 16.4. The summed E-state index contributed by atoms with van der Waals surface area (Å²) < 4.78 is 12.9. The summed E-state index contributed by atoms with van der Waals surface area (Å²) in [5.74, 6) is 2.24. The molecule has 0 amide bonds. The maximum absolute atomic E-state index is 5.56. The minimum absolute atomic E-state index is 0.0720. The molecule has 8 heteroatoms. The minimum Gasteiger partial charge on any atom is -0.493 e. The SMILES string of the molecule is COc1ccc([C@@H](c2nnnn2Cc2ccccc2)N2CCN(C)CC2)cc1OC. The van der Waals surface area contributed by atoms with Gasteiger partial charge in [0.25, 0.3) is 0 Å². The fraction of sp³-hybridized carbons (Fsp3) is 0.409. The Bertz CT molecular complexity index is 953. The van der Waals surface area contributed by atoms with E-state index < -0.39 is 0 Å². The minimum atomic E-state index is -0.0720. The van der Waals surface area contributed by atoms with E-state index in [4.69, 9.17) is 9.47 Å². The molecule has 1 aliphatic heterocycles. The van der Waals surface area contributed by atoms with Crippen molar-refractivity contribution in [3.63, 3.8) is 0 Å². The summed E-state index contributed by atoms with van der Waals surface area (Å²) in [6, 6.07) is 16.2. The molecule has 0 saturated carbocycles. The van der Waals surface area contributed by atoms with Gasteiger partial charge in [0, 0.05) is 26.2 Å². The first kappa shape index (κ1) is 20.3. The van der Waals surface area contributed by atoms with Crippen molar-refractivity contribution < 1.29 is 9.47 Å². The molecule has 1 saturated heterocycles. The molecule has 4 rings (SSSR count). The van der Waals surface area contributed by atoms with Crippen LogP contribution < -0.4 is 9.47 Å². The predicted molar refractivity (Wildman–Crippen MR) is 114 cm³/mol. The van der Waals surface area contributed by atoms with Crippen LogP contribution >= 0.6 is 0 Å². The molecule has 0 unspecified atom stereocenters. The second-order valence-corrected chi connectivity index (χ2v) is 7.54. The lowest BCUT2D eigenvalue weighted by Crippen LogP contribution is -2.46. The summed E-state index contributed by atoms with van der Waals surface area (Å²) in [5.41, 5.74) is 2.25. The van der Waals surface area contributed by atoms with Gasteiger partial charge in [0.1, 0.15) is 0 Å². The number of hydrogen-bond acceptors (Lipinski definition) is 7. The van der Waals surface area contributed by atoms with Gasteiger partial charge in [-0.15, -0.1) is 5.10 Å². The topological polar surface area (TPSA) is 68.5 Å². The Labute approximate surface area is 177 Å². The fourth-order valence-corrected chi connectivity index (χ4v) is 3.90. The Morgan fingerprint density at radius 3 is 2.37 bits per heavy atom. The molecular formula is C22H28N6O2. The van der Waals surface area contributed by atoms with Crippen molar-refractivity contribution in [2.45, 2.75) is 12.6 Å². The number of piperazine rings is 1. The summed E-state index contributed by atoms with van der Waals surface area (Å²) in [7, 11) is 5.46. The second kappa shape index (κ2) is 9.23. The van der Waals surface area contributed by atoms with Crippen molar-refractivity contribution in [1.29, 1.82) is 0 Å². The van der Waals surface area contributed by atoms with Crippen LogP contribution in [0.4, 0.5) is 0 Å². The van der Waals surface area contributed by atoms with Gasteiger partial charge in [-0.2, -0.15) is 0 Å². The van der Waals surface area contributed by atoms with E-state index in [0.29, 0.717) is 18.0 Å². The summed E-state index contributed by atoms with van der Waals surface area (Å²) in [6.07, 6.45) is 0. The first-order valence-corrected chi connectivity index (χ1v) is 10.1. The number of tetrazole rings is 1. The lowest BCUT2D eigenvalue weighted by Gasteiger charge is -2.37. The zero-order chi connectivity index (χ0) is 20.9. The van der Waals surface area contributed by atoms with E-state index in [9.17, 15) is 0 Å². The third-order valence-corrected chi connectivity index (χ3v) is 5.61. The molecule has 0 bridgehead atoms. The molecule has 158 valence electrons. The zero-order valence-corrected chi connectivity index (χ0v) is 17.7. The smallest absolute Gasteiger partial charge is 0.173 e. The third kappa shape index (κ3) is 4.29. The summed E-state index contributed by atoms with van der Waals surface area (Å²) in [5, 5.41) is 12.8. The maximum atomic E-state index is 5.56. The number of aromatic nitrogens is 4. The Hall–Kier alpha value is -2.97. The average molecular weight is 409 g/mol. The van der Waals surface area contributed by atoms with Crippen LogP contribution in [0.1, 0.15) is 23.0 Å². The van der Waals surface area contributed by atoms with E-state index in [-0.39, 0.29) is 6.04 Å². The first-order valence-electron chi connectivity index (χ1n) is 10.1. The largest absolute Gasteiger partial charge is 0.493 e. The van der Waals surface area contributed by atoms with Crippen LogP contribution in [0.15, 0.2) is 48.5 Å². The highest BCUT2D eigenvalue weighted by Crippen LogP contribution is 2.35. The molecule has 2 aromatic carbocycles. The van der Waals surface area contributed by atoms with E-state index in [2.05, 4.69) is 50.6 Å². The summed E-state index contributed by atoms with van der Waals surface area (Å²) >= 11 is 0. The molecule has 1 aliphatic rings. The van der Waals surface area contributed by atoms with Gasteiger partial charge in [-0.3, -0.25) is 4.90 Å². The van der Waals surface area contributed by atoms with Crippen molar-refractivity contribution in [2.24, 2.45) is 0 Å². The average Bonchev–Trinajstić information content (AvgIpc) is 3.23. The molecule has 0 N–H and O–H groups in total. The molecule has 8 nitrogen and oxygen atoms in total. The van der Waals surface area contributed by atoms with E-state index >= 15 is 0 Å². The molecule has 2 heterocycles. The standard InChI is InChI=1S/C22H28N6O2/c1-26-11-13-27(14-12-26)21(18-9-10-19(29-2)20(15-18)30-3)22-23-24-25-28(22)16-17-7-5-4-6-8-17/h4-10,15,21H,11-14,16H2,1-3H3/t21-/m0/s1. The molecule has 1 atom stereocenters. The number of nitrogens with zero attached hydrogens (tertiary/aromatic N) is 6. The van der Waals surface area contributed by atoms with Gasteiger partial charge in [-0.25, -0.2) is 4.68 Å². The molecule has 30 heavy (non-hydrogen) atoms. The van der Waals surface area contributed by atoms with Crippen molar-refractivity contribution in [3.05, 3.63) is 65.5 Å². The number of likely N-dealkylation sites (N-methyl/N-ethyl adjacent to an activating group) is 1. The summed E-state index contributed by atoms with van der Waals surface area (Å²) in [6.45, 7) is 4.51. The number of benzene rings is 2. The fourth-order valence-electron chi connectivity index (χ4n) is 3.90. The summed E-state index contributed by atoms with van der Waals surface area (Å²) in [4.78, 5) is 4.78. The van der Waals surface area contributed by atoms with Crippen molar-refractivity contribution in [2.75, 3.05) is 47.4 Å². The van der Waals surface area contributed by atoms with Gasteiger partial charge >= 0.3 is 0 Å². The Morgan fingerprint density at radius 2 is 1.67 bits per heavy atom. The Balaban J connectivity index is 1.73. The number of methoxy groups -OCH3 is 2. The van der Waals surface area contributed by atoms with Gasteiger partial charge in [0.2, 0.25) is 0 Å². The highest BCUT2D eigenvalue weighted by atomic mass is 16.5. The molecule has 0 spiro atoms. The van der Waals surface area contributed by atoms with Crippen LogP contribution in [0.2, 0.25) is 0 Å². The molecule has 0 aliphatic carbocycles. The molecule has 3 aromatic rings. The van der Waals surface area contributed by atoms with Crippen LogP contribution in [0, 0.1) is 0 Å². The third-order valence-electron chi connectivity index (χ3n) is 5.61. The lowest BCUT2D eigenvalue weighted by atomic mass is 10.0. The van der Waals surface area contributed by atoms with E-state index in [0.717, 1.165) is 43.1 Å². The van der Waals surface area contributed by atoms with Crippen molar-refractivity contribution >= 4 is 0 Å². The van der Waals surface area contributed by atoms with Crippen LogP contribution in [-0.4, -0.2) is 77.5 Å². The van der Waals surface area contributed by atoms with Crippen LogP contribution in [0.5, 0.6) is 11.5 Å². The Kier molecular flexibility index (Phi) is 6.25. The van der Waals surface area contributed by atoms with E-state index in [1.807, 2.05) is 35.0 Å². The van der Waals surface area contributed by atoms with Crippen LogP contribution in [0.25, 0.3) is 0 Å². The van der Waals surface area contributed by atoms with Crippen molar-refractivity contribution in [3.8, 4) is 11.5 Å². The van der Waals surface area contributed by atoms with Crippen molar-refractivity contribution in [1.82, 2.24) is 30.0 Å². The molecule has 0 radical (unpaired) electrons. The first-order chi connectivity index (χ1) is 14.7. The van der Waals surface area contributed by atoms with E-state index in [1.165, 1.54) is 0 Å². The maximum Gasteiger partial charge on any atom is 0.173 e. The Morgan fingerprint density at radius 1 is 0.933 bits per heavy atom. The quantitative estimate of drug-likeness (QED) is 0.593. The van der Waals surface area contributed by atoms with Crippen LogP contribution in [-0.2, 0) is 6.54 Å². The molecule has 1 aromatic heterocycles. The number of hydrogen-bond donors (Lipinski definition) is 0. The molecular weight excluding hydrogens is 380 g/mol. The van der Waals surface area contributed by atoms with Crippen LogP contribution in [0.3, 0.4) is 0 Å². The lowest BCUT2D eigenvalue weighted by molar-refractivity contribution is 0.121. The number of rotatable bonds is 7. The van der Waals surface area contributed by atoms with E-state index in [1.54, 1.807) is 14.2 Å². The number of ether oxygens (including phenoxy) is 2. The van der Waals surface area contributed by atoms with Gasteiger partial charge in [-0.05, 0) is 40.7 Å². The van der Waals surface area contributed by atoms with Gasteiger partial charge in [0.15, 0.2) is 17.3 Å².